The summed E-state index contributed by atoms with van der Waals surface area (Å²) in [7, 11) is 1.29. The molecule has 0 fully saturated rings. The van der Waals surface area contributed by atoms with Crippen molar-refractivity contribution in [1.29, 1.82) is 0 Å². The number of halogens is 1. The lowest BCUT2D eigenvalue weighted by Gasteiger charge is -2.15. The Morgan fingerprint density at radius 1 is 1.13 bits per heavy atom. The van der Waals surface area contributed by atoms with Gasteiger partial charge in [0.1, 0.15) is 18.0 Å². The van der Waals surface area contributed by atoms with Crippen LogP contribution < -0.4 is 10.9 Å². The summed E-state index contributed by atoms with van der Waals surface area (Å²) in [5.41, 5.74) is 4.51. The minimum atomic E-state index is -0.593. The van der Waals surface area contributed by atoms with E-state index in [1.807, 2.05) is 18.2 Å². The van der Waals surface area contributed by atoms with Crippen molar-refractivity contribution in [3.8, 4) is 28.1 Å². The fourth-order valence-corrected chi connectivity index (χ4v) is 4.83. The number of carbonyl (C=O) groups is 1. The van der Waals surface area contributed by atoms with Crippen molar-refractivity contribution in [3.05, 3.63) is 88.1 Å². The monoisotopic (exact) mass is 529 g/mol. The Labute approximate surface area is 220 Å². The van der Waals surface area contributed by atoms with Gasteiger partial charge in [-0.2, -0.15) is 4.68 Å². The molecule has 13 heteroatoms. The molecule has 0 bridgehead atoms. The summed E-state index contributed by atoms with van der Waals surface area (Å²) in [6.07, 6.45) is 5.67. The highest BCUT2D eigenvalue weighted by atomic mass is 35.5. The molecule has 5 heterocycles. The molecule has 0 aliphatic carbocycles. The predicted octanol–water partition coefficient (Wildman–Crippen LogP) is 3.64. The molecule has 1 aromatic carbocycles. The van der Waals surface area contributed by atoms with Crippen LogP contribution in [0, 0.1) is 0 Å². The fourth-order valence-electron chi connectivity index (χ4n) is 4.66. The maximum absolute atomic E-state index is 13.4. The van der Waals surface area contributed by atoms with Crippen molar-refractivity contribution >= 4 is 23.5 Å². The summed E-state index contributed by atoms with van der Waals surface area (Å²) < 4.78 is 7.89. The number of imidazole rings is 1. The number of benzene rings is 1. The number of rotatable bonds is 5. The number of fused-ring (bicyclic) bond motifs is 1. The van der Waals surface area contributed by atoms with Crippen molar-refractivity contribution < 1.29 is 9.53 Å². The number of hydrogen-bond donors (Lipinski definition) is 2. The average molecular weight is 530 g/mol. The molecule has 1 aliphatic heterocycles. The molecule has 6 rings (SSSR count). The minimum Gasteiger partial charge on any atom is -0.453 e. The Morgan fingerprint density at radius 2 is 2.03 bits per heavy atom. The lowest BCUT2D eigenvalue weighted by atomic mass is 10.0. The zero-order chi connectivity index (χ0) is 26.2. The minimum absolute atomic E-state index is 0.138. The quantitative estimate of drug-likeness (QED) is 0.351. The van der Waals surface area contributed by atoms with E-state index in [4.69, 9.17) is 11.6 Å². The third-order valence-electron chi connectivity index (χ3n) is 6.40. The Hall–Kier alpha value is -4.84. The maximum atomic E-state index is 13.4. The van der Waals surface area contributed by atoms with E-state index in [9.17, 15) is 9.59 Å². The highest BCUT2D eigenvalue weighted by Crippen LogP contribution is 2.34. The van der Waals surface area contributed by atoms with Crippen molar-refractivity contribution in [2.45, 2.75) is 18.9 Å². The molecule has 12 nitrogen and oxygen atoms in total. The fraction of sp³-hybridized carbons (Fsp3) is 0.160. The first-order chi connectivity index (χ1) is 18.5. The van der Waals surface area contributed by atoms with Crippen molar-refractivity contribution in [2.75, 3.05) is 12.4 Å². The van der Waals surface area contributed by atoms with E-state index < -0.39 is 6.09 Å². The van der Waals surface area contributed by atoms with Crippen LogP contribution in [0.1, 0.15) is 24.0 Å². The second-order valence-corrected chi connectivity index (χ2v) is 9.08. The van der Waals surface area contributed by atoms with Gasteiger partial charge in [0.25, 0.3) is 5.56 Å². The zero-order valence-corrected chi connectivity index (χ0v) is 20.8. The van der Waals surface area contributed by atoms with Gasteiger partial charge in [-0.15, -0.1) is 5.10 Å². The zero-order valence-electron chi connectivity index (χ0n) is 20.0. The number of hydrogen-bond acceptors (Lipinski definition) is 8. The van der Waals surface area contributed by atoms with Crippen LogP contribution >= 0.6 is 11.6 Å². The number of ether oxygens (including phenoxy) is 1. The molecule has 38 heavy (non-hydrogen) atoms. The van der Waals surface area contributed by atoms with E-state index >= 15 is 0 Å². The molecule has 0 unspecified atom stereocenters. The van der Waals surface area contributed by atoms with E-state index in [-0.39, 0.29) is 11.6 Å². The largest absolute Gasteiger partial charge is 0.453 e. The highest BCUT2D eigenvalue weighted by molar-refractivity contribution is 6.31. The molecule has 5 aromatic rings. The number of nitrogens with one attached hydrogen (secondary N) is 2. The second-order valence-electron chi connectivity index (χ2n) is 8.64. The number of aromatic nitrogens is 8. The van der Waals surface area contributed by atoms with Gasteiger partial charge in [0.15, 0.2) is 0 Å². The SMILES string of the molecule is COC(=O)Nc1ccc(-c2cnc([C@@H]3CCc4cc(-c5cc(Cl)ccc5-n5cnnn5)cc(=O)n43)[nH]2)cn1. The molecule has 2 N–H and O–H groups in total. The standard InChI is InChI=1S/C25H20ClN9O3/c1-38-25(37)31-22-7-2-14(11-27-22)19-12-28-24(30-19)21-6-4-17-8-15(9-23(36)35(17)21)18-10-16(26)3-5-20(18)34-13-29-32-33-34/h2-3,5,7-13,21H,4,6H2,1H3,(H,28,30)(H,27,31,37)/t21-/m0/s1. The van der Waals surface area contributed by atoms with Gasteiger partial charge in [0, 0.05) is 34.1 Å². The first kappa shape index (κ1) is 23.6. The first-order valence-corrected chi connectivity index (χ1v) is 12.0. The van der Waals surface area contributed by atoms with Gasteiger partial charge < -0.3 is 14.3 Å². The number of nitrogens with zero attached hydrogens (tertiary/aromatic N) is 7. The summed E-state index contributed by atoms with van der Waals surface area (Å²) in [6, 6.07) is 12.2. The van der Waals surface area contributed by atoms with Crippen LogP contribution in [0.3, 0.4) is 0 Å². The number of methoxy groups -OCH3 is 1. The molecule has 1 amide bonds. The van der Waals surface area contributed by atoms with Crippen LogP contribution in [0.5, 0.6) is 0 Å². The van der Waals surface area contributed by atoms with Crippen LogP contribution in [0.25, 0.3) is 28.1 Å². The number of amides is 1. The van der Waals surface area contributed by atoms with Crippen molar-refractivity contribution in [3.63, 3.8) is 0 Å². The smallest absolute Gasteiger partial charge is 0.412 e. The van der Waals surface area contributed by atoms with E-state index in [2.05, 4.69) is 40.5 Å². The third kappa shape index (κ3) is 4.30. The van der Waals surface area contributed by atoms with Gasteiger partial charge in [-0.3, -0.25) is 10.1 Å². The van der Waals surface area contributed by atoms with Crippen LogP contribution in [-0.2, 0) is 11.2 Å². The Bertz CT molecular complexity index is 1690. The Morgan fingerprint density at radius 3 is 2.79 bits per heavy atom. The van der Waals surface area contributed by atoms with Gasteiger partial charge in [0.2, 0.25) is 0 Å². The molecule has 0 spiro atoms. The molecular formula is C25H20ClN9O3. The van der Waals surface area contributed by atoms with Crippen LogP contribution in [0.2, 0.25) is 5.02 Å². The molecule has 0 saturated carbocycles. The lowest BCUT2D eigenvalue weighted by Crippen LogP contribution is -2.23. The van der Waals surface area contributed by atoms with E-state index in [0.717, 1.165) is 40.2 Å². The third-order valence-corrected chi connectivity index (χ3v) is 6.64. The van der Waals surface area contributed by atoms with Gasteiger partial charge >= 0.3 is 6.09 Å². The topological polar surface area (TPSA) is 146 Å². The molecule has 1 aliphatic rings. The summed E-state index contributed by atoms with van der Waals surface area (Å²) in [4.78, 5) is 36.9. The molecule has 0 saturated heterocycles. The summed E-state index contributed by atoms with van der Waals surface area (Å²) >= 11 is 6.29. The van der Waals surface area contributed by atoms with Gasteiger partial charge in [-0.1, -0.05) is 11.6 Å². The molecule has 1 atom stereocenters. The van der Waals surface area contributed by atoms with E-state index in [1.165, 1.54) is 18.1 Å². The van der Waals surface area contributed by atoms with Gasteiger partial charge in [0.05, 0.1) is 30.7 Å². The summed E-state index contributed by atoms with van der Waals surface area (Å²) in [6.45, 7) is 0. The van der Waals surface area contributed by atoms with Crippen LogP contribution in [-0.4, -0.2) is 52.9 Å². The summed E-state index contributed by atoms with van der Waals surface area (Å²) in [5, 5.41) is 14.5. The Kier molecular flexibility index (Phi) is 5.92. The van der Waals surface area contributed by atoms with Crippen molar-refractivity contribution in [1.82, 2.24) is 39.7 Å². The summed E-state index contributed by atoms with van der Waals surface area (Å²) in [5.74, 6) is 1.05. The number of aryl methyl sites for hydroxylation is 1. The normalized spacial score (nSPS) is 14.3. The lowest BCUT2D eigenvalue weighted by molar-refractivity contribution is 0.187. The second kappa shape index (κ2) is 9.56. The number of carbonyl (C=O) groups excluding carboxylic acids is 1. The van der Waals surface area contributed by atoms with Crippen LogP contribution in [0.15, 0.2) is 66.0 Å². The first-order valence-electron chi connectivity index (χ1n) is 11.6. The molecule has 4 aromatic heterocycles. The number of H-pyrrole nitrogens is 1. The van der Waals surface area contributed by atoms with Gasteiger partial charge in [-0.05, 0) is 65.2 Å². The Balaban J connectivity index is 1.30. The van der Waals surface area contributed by atoms with Crippen LogP contribution in [0.4, 0.5) is 10.6 Å². The van der Waals surface area contributed by atoms with Crippen molar-refractivity contribution in [2.24, 2.45) is 0 Å². The molecule has 0 radical (unpaired) electrons. The molecular weight excluding hydrogens is 510 g/mol. The number of tetrazole rings is 1. The average Bonchev–Trinajstić information content (AvgIpc) is 3.70. The molecule has 190 valence electrons. The van der Waals surface area contributed by atoms with E-state index in [1.54, 1.807) is 41.2 Å². The number of aromatic amines is 1. The maximum Gasteiger partial charge on any atom is 0.412 e. The number of anilines is 1. The number of pyridine rings is 2. The van der Waals surface area contributed by atoms with E-state index in [0.29, 0.717) is 23.1 Å². The highest BCUT2D eigenvalue weighted by Gasteiger charge is 2.28. The van der Waals surface area contributed by atoms with Gasteiger partial charge in [-0.25, -0.2) is 14.8 Å². The predicted molar refractivity (Wildman–Crippen MR) is 138 cm³/mol.